The lowest BCUT2D eigenvalue weighted by atomic mass is 10.1. The van der Waals surface area contributed by atoms with Crippen molar-refractivity contribution < 1.29 is 9.53 Å². The molecule has 1 aliphatic rings. The SMILES string of the molecule is CC(C)(Oc1ccc(Cl)cc1)C(=O)N1CCN(c2cnsn2)CC1. The van der Waals surface area contributed by atoms with Crippen molar-refractivity contribution in [2.45, 2.75) is 19.4 Å². The van der Waals surface area contributed by atoms with E-state index in [0.29, 0.717) is 23.9 Å². The van der Waals surface area contributed by atoms with Crippen molar-refractivity contribution in [3.8, 4) is 5.75 Å². The second kappa shape index (κ2) is 6.94. The molecular formula is C16H19ClN4O2S. The van der Waals surface area contributed by atoms with E-state index in [1.165, 1.54) is 11.7 Å². The Morgan fingerprint density at radius 2 is 1.88 bits per heavy atom. The molecule has 1 aromatic heterocycles. The van der Waals surface area contributed by atoms with Crippen molar-refractivity contribution in [3.05, 3.63) is 35.5 Å². The Bertz CT molecular complexity index is 683. The van der Waals surface area contributed by atoms with E-state index in [2.05, 4.69) is 13.6 Å². The van der Waals surface area contributed by atoms with Crippen molar-refractivity contribution in [2.24, 2.45) is 0 Å². The third-order valence-corrected chi connectivity index (χ3v) is 4.66. The topological polar surface area (TPSA) is 58.6 Å². The molecule has 1 fully saturated rings. The summed E-state index contributed by atoms with van der Waals surface area (Å²) in [5.74, 6) is 1.49. The molecule has 0 atom stereocenters. The minimum Gasteiger partial charge on any atom is -0.478 e. The number of halogens is 1. The van der Waals surface area contributed by atoms with Gasteiger partial charge < -0.3 is 14.5 Å². The second-order valence-corrected chi connectivity index (χ2v) is 7.10. The highest BCUT2D eigenvalue weighted by molar-refractivity contribution is 6.99. The normalized spacial score (nSPS) is 15.5. The second-order valence-electron chi connectivity index (χ2n) is 6.11. The number of hydrogen-bond donors (Lipinski definition) is 0. The van der Waals surface area contributed by atoms with E-state index < -0.39 is 5.60 Å². The standard InChI is InChI=1S/C16H19ClN4O2S/c1-16(2,23-13-5-3-12(17)4-6-13)15(22)21-9-7-20(8-10-21)14-11-18-24-19-14/h3-6,11H,7-10H2,1-2H3. The molecule has 0 spiro atoms. The molecule has 3 rings (SSSR count). The Hall–Kier alpha value is -1.86. The number of carbonyl (C=O) groups is 1. The zero-order valence-electron chi connectivity index (χ0n) is 13.6. The smallest absolute Gasteiger partial charge is 0.266 e. The van der Waals surface area contributed by atoms with Crippen molar-refractivity contribution >= 4 is 35.1 Å². The molecule has 0 radical (unpaired) electrons. The third kappa shape index (κ3) is 3.79. The number of piperazine rings is 1. The summed E-state index contributed by atoms with van der Waals surface area (Å²) >= 11 is 7.07. The van der Waals surface area contributed by atoms with E-state index in [9.17, 15) is 4.79 Å². The Kier molecular flexibility index (Phi) is 4.91. The lowest BCUT2D eigenvalue weighted by molar-refractivity contribution is -0.145. The van der Waals surface area contributed by atoms with Gasteiger partial charge in [-0.2, -0.15) is 8.75 Å². The molecule has 0 N–H and O–H groups in total. The largest absolute Gasteiger partial charge is 0.478 e. The highest BCUT2D eigenvalue weighted by Gasteiger charge is 2.35. The van der Waals surface area contributed by atoms with Gasteiger partial charge in [-0.15, -0.1) is 0 Å². The molecular weight excluding hydrogens is 348 g/mol. The summed E-state index contributed by atoms with van der Waals surface area (Å²) in [6, 6.07) is 7.03. The fraction of sp³-hybridized carbons (Fsp3) is 0.438. The van der Waals surface area contributed by atoms with Crippen molar-refractivity contribution in [1.82, 2.24) is 13.6 Å². The van der Waals surface area contributed by atoms with Crippen LogP contribution in [0.25, 0.3) is 0 Å². The summed E-state index contributed by atoms with van der Waals surface area (Å²) < 4.78 is 14.1. The highest BCUT2D eigenvalue weighted by Crippen LogP contribution is 2.23. The van der Waals surface area contributed by atoms with E-state index in [4.69, 9.17) is 16.3 Å². The van der Waals surface area contributed by atoms with Gasteiger partial charge in [0.1, 0.15) is 5.75 Å². The van der Waals surface area contributed by atoms with Crippen molar-refractivity contribution in [3.63, 3.8) is 0 Å². The number of amides is 1. The number of nitrogens with zero attached hydrogens (tertiary/aromatic N) is 4. The van der Waals surface area contributed by atoms with E-state index in [1.807, 2.05) is 4.90 Å². The van der Waals surface area contributed by atoms with Crippen LogP contribution >= 0.6 is 23.3 Å². The maximum Gasteiger partial charge on any atom is 0.266 e. The summed E-state index contributed by atoms with van der Waals surface area (Å²) in [6.45, 7) is 6.36. The van der Waals surface area contributed by atoms with E-state index in [1.54, 1.807) is 44.3 Å². The number of carbonyl (C=O) groups excluding carboxylic acids is 1. The fourth-order valence-corrected chi connectivity index (χ4v) is 3.22. The van der Waals surface area contributed by atoms with Crippen LogP contribution in [-0.2, 0) is 4.79 Å². The minimum absolute atomic E-state index is 0.0199. The zero-order valence-corrected chi connectivity index (χ0v) is 15.2. The van der Waals surface area contributed by atoms with Crippen LogP contribution in [0.15, 0.2) is 30.5 Å². The molecule has 0 unspecified atom stereocenters. The first kappa shape index (κ1) is 17.0. The number of aromatic nitrogens is 2. The van der Waals surface area contributed by atoms with Gasteiger partial charge in [-0.1, -0.05) is 11.6 Å². The van der Waals surface area contributed by atoms with Crippen LogP contribution in [0.4, 0.5) is 5.82 Å². The van der Waals surface area contributed by atoms with Crippen LogP contribution in [0.3, 0.4) is 0 Å². The van der Waals surface area contributed by atoms with E-state index in [-0.39, 0.29) is 5.91 Å². The lowest BCUT2D eigenvalue weighted by Crippen LogP contribution is -2.55. The summed E-state index contributed by atoms with van der Waals surface area (Å²) in [7, 11) is 0. The number of ether oxygens (including phenoxy) is 1. The van der Waals surface area contributed by atoms with Gasteiger partial charge in [0, 0.05) is 31.2 Å². The zero-order chi connectivity index (χ0) is 17.2. The van der Waals surface area contributed by atoms with E-state index >= 15 is 0 Å². The molecule has 0 bridgehead atoms. The maximum atomic E-state index is 12.8. The monoisotopic (exact) mass is 366 g/mol. The first-order valence-electron chi connectivity index (χ1n) is 7.72. The van der Waals surface area contributed by atoms with Gasteiger partial charge in [0.05, 0.1) is 17.9 Å². The number of benzene rings is 1. The lowest BCUT2D eigenvalue weighted by Gasteiger charge is -2.38. The average Bonchev–Trinajstić information content (AvgIpc) is 3.11. The Balaban J connectivity index is 1.60. The summed E-state index contributed by atoms with van der Waals surface area (Å²) in [4.78, 5) is 16.8. The molecule has 2 heterocycles. The molecule has 0 saturated carbocycles. The van der Waals surface area contributed by atoms with Crippen LogP contribution in [0.5, 0.6) is 5.75 Å². The third-order valence-electron chi connectivity index (χ3n) is 3.94. The van der Waals surface area contributed by atoms with Gasteiger partial charge in [0.25, 0.3) is 5.91 Å². The molecule has 128 valence electrons. The molecule has 6 nitrogen and oxygen atoms in total. The quantitative estimate of drug-likeness (QED) is 0.832. The van der Waals surface area contributed by atoms with Gasteiger partial charge in [-0.05, 0) is 38.1 Å². The average molecular weight is 367 g/mol. The molecule has 2 aromatic rings. The minimum atomic E-state index is -0.932. The maximum absolute atomic E-state index is 12.8. The number of anilines is 1. The molecule has 1 aliphatic heterocycles. The van der Waals surface area contributed by atoms with Crippen LogP contribution in [0, 0.1) is 0 Å². The van der Waals surface area contributed by atoms with Crippen LogP contribution in [-0.4, -0.2) is 51.3 Å². The highest BCUT2D eigenvalue weighted by atomic mass is 35.5. The van der Waals surface area contributed by atoms with Crippen LogP contribution in [0.2, 0.25) is 5.02 Å². The van der Waals surface area contributed by atoms with Crippen LogP contribution in [0.1, 0.15) is 13.8 Å². The summed E-state index contributed by atoms with van der Waals surface area (Å²) in [5, 5.41) is 0.638. The van der Waals surface area contributed by atoms with Crippen molar-refractivity contribution in [1.29, 1.82) is 0 Å². The molecule has 1 saturated heterocycles. The van der Waals surface area contributed by atoms with Gasteiger partial charge in [0.15, 0.2) is 11.4 Å². The van der Waals surface area contributed by atoms with Gasteiger partial charge in [-0.3, -0.25) is 4.79 Å². The predicted octanol–water partition coefficient (Wildman–Crippen LogP) is 2.70. The first-order chi connectivity index (χ1) is 11.5. The van der Waals surface area contributed by atoms with Gasteiger partial charge in [-0.25, -0.2) is 0 Å². The van der Waals surface area contributed by atoms with Gasteiger partial charge in [0.2, 0.25) is 0 Å². The molecule has 0 aliphatic carbocycles. The number of rotatable bonds is 4. The van der Waals surface area contributed by atoms with Crippen LogP contribution < -0.4 is 9.64 Å². The Labute approximate surface area is 150 Å². The Morgan fingerprint density at radius 1 is 1.21 bits per heavy atom. The fourth-order valence-electron chi connectivity index (χ4n) is 2.66. The molecule has 8 heteroatoms. The number of hydrogen-bond acceptors (Lipinski definition) is 6. The Morgan fingerprint density at radius 3 is 2.46 bits per heavy atom. The van der Waals surface area contributed by atoms with Gasteiger partial charge >= 0.3 is 0 Å². The first-order valence-corrected chi connectivity index (χ1v) is 8.83. The molecule has 1 amide bonds. The predicted molar refractivity (Wildman–Crippen MR) is 94.9 cm³/mol. The molecule has 1 aromatic carbocycles. The van der Waals surface area contributed by atoms with E-state index in [0.717, 1.165) is 18.9 Å². The van der Waals surface area contributed by atoms with Crippen molar-refractivity contribution in [2.75, 3.05) is 31.1 Å². The molecule has 24 heavy (non-hydrogen) atoms. The summed E-state index contributed by atoms with van der Waals surface area (Å²) in [6.07, 6.45) is 1.76. The summed E-state index contributed by atoms with van der Waals surface area (Å²) in [5.41, 5.74) is -0.932.